The predicted octanol–water partition coefficient (Wildman–Crippen LogP) is 2.04. The third-order valence-corrected chi connectivity index (χ3v) is 4.32. The Morgan fingerprint density at radius 1 is 1.44 bits per heavy atom. The van der Waals surface area contributed by atoms with E-state index in [1.807, 2.05) is 18.7 Å². The number of hydrogen-bond acceptors (Lipinski definition) is 3. The van der Waals surface area contributed by atoms with E-state index in [-0.39, 0.29) is 18.0 Å². The summed E-state index contributed by atoms with van der Waals surface area (Å²) in [6, 6.07) is 8.63. The van der Waals surface area contributed by atoms with Crippen LogP contribution in [0.4, 0.5) is 0 Å². The fraction of sp³-hybridized carbons (Fsp3) is 0.500. The highest BCUT2D eigenvalue weighted by Crippen LogP contribution is 2.31. The topological polar surface area (TPSA) is 32.3 Å². The highest BCUT2D eigenvalue weighted by Gasteiger charge is 2.24. The summed E-state index contributed by atoms with van der Waals surface area (Å²) in [5.74, 6) is 2.23. The van der Waals surface area contributed by atoms with Gasteiger partial charge in [0.25, 0.3) is 0 Å². The molecule has 98 valence electrons. The number of rotatable bonds is 3. The number of carbonyl (C=O) groups is 1. The Morgan fingerprint density at radius 2 is 2.17 bits per heavy atom. The van der Waals surface area contributed by atoms with Crippen LogP contribution in [0.2, 0.25) is 0 Å². The van der Waals surface area contributed by atoms with E-state index in [1.54, 1.807) is 19.0 Å². The second kappa shape index (κ2) is 5.76. The molecule has 1 aromatic carbocycles. The number of thioether (sulfide) groups is 1. The quantitative estimate of drug-likeness (QED) is 0.907. The van der Waals surface area contributed by atoms with Crippen molar-refractivity contribution in [2.75, 3.05) is 19.8 Å². The molecule has 0 aliphatic carbocycles. The molecule has 4 heteroatoms. The van der Waals surface area contributed by atoms with Crippen molar-refractivity contribution in [1.82, 2.24) is 10.2 Å². The Balaban J connectivity index is 2.10. The summed E-state index contributed by atoms with van der Waals surface area (Å²) in [5, 5.41) is 3.44. The molecule has 1 aromatic rings. The maximum Gasteiger partial charge on any atom is 0.238 e. The standard InChI is InChI=1S/C14H20N2OS/c1-10(14(17)16(2)3)15-13-9-18-8-11-6-4-5-7-12(11)13/h4-7,10,13,15H,8-9H2,1-3H3. The minimum atomic E-state index is -0.142. The van der Waals surface area contributed by atoms with E-state index in [0.29, 0.717) is 0 Å². The minimum Gasteiger partial charge on any atom is -0.347 e. The minimum absolute atomic E-state index is 0.128. The Hall–Kier alpha value is -1.00. The van der Waals surface area contributed by atoms with E-state index in [2.05, 4.69) is 29.6 Å². The number of carbonyl (C=O) groups excluding carboxylic acids is 1. The van der Waals surface area contributed by atoms with Crippen molar-refractivity contribution in [3.63, 3.8) is 0 Å². The van der Waals surface area contributed by atoms with Crippen LogP contribution < -0.4 is 5.32 Å². The number of nitrogens with zero attached hydrogens (tertiary/aromatic N) is 1. The molecule has 0 fully saturated rings. The third-order valence-electron chi connectivity index (χ3n) is 3.23. The summed E-state index contributed by atoms with van der Waals surface area (Å²) in [6.45, 7) is 1.93. The summed E-state index contributed by atoms with van der Waals surface area (Å²) in [4.78, 5) is 13.5. The van der Waals surface area contributed by atoms with Crippen LogP contribution in [-0.4, -0.2) is 36.7 Å². The van der Waals surface area contributed by atoms with Gasteiger partial charge in [-0.2, -0.15) is 11.8 Å². The molecule has 0 saturated carbocycles. The molecular weight excluding hydrogens is 244 g/mol. The number of likely N-dealkylation sites (N-methyl/N-ethyl adjacent to an activating group) is 1. The van der Waals surface area contributed by atoms with Crippen molar-refractivity contribution in [2.45, 2.75) is 24.8 Å². The van der Waals surface area contributed by atoms with E-state index in [1.165, 1.54) is 11.1 Å². The molecule has 2 rings (SSSR count). The molecule has 1 aliphatic heterocycles. The van der Waals surface area contributed by atoms with Gasteiger partial charge in [0.1, 0.15) is 0 Å². The van der Waals surface area contributed by atoms with Crippen LogP contribution in [-0.2, 0) is 10.5 Å². The normalized spacial score (nSPS) is 20.1. The molecule has 1 N–H and O–H groups in total. The lowest BCUT2D eigenvalue weighted by Crippen LogP contribution is -2.44. The van der Waals surface area contributed by atoms with Crippen LogP contribution in [0.3, 0.4) is 0 Å². The zero-order chi connectivity index (χ0) is 13.1. The predicted molar refractivity (Wildman–Crippen MR) is 76.6 cm³/mol. The first-order chi connectivity index (χ1) is 8.59. The SMILES string of the molecule is CC(NC1CSCc2ccccc21)C(=O)N(C)C. The Labute approximate surface area is 113 Å². The lowest BCUT2D eigenvalue weighted by Gasteiger charge is -2.29. The van der Waals surface area contributed by atoms with Crippen LogP contribution in [0.5, 0.6) is 0 Å². The summed E-state index contributed by atoms with van der Waals surface area (Å²) >= 11 is 1.92. The van der Waals surface area contributed by atoms with Crippen molar-refractivity contribution in [3.05, 3.63) is 35.4 Å². The first kappa shape index (κ1) is 13.4. The van der Waals surface area contributed by atoms with Crippen LogP contribution >= 0.6 is 11.8 Å². The maximum atomic E-state index is 11.9. The van der Waals surface area contributed by atoms with Crippen LogP contribution in [0.15, 0.2) is 24.3 Å². The van der Waals surface area contributed by atoms with E-state index in [0.717, 1.165) is 11.5 Å². The Morgan fingerprint density at radius 3 is 2.89 bits per heavy atom. The molecule has 1 amide bonds. The van der Waals surface area contributed by atoms with E-state index in [9.17, 15) is 4.79 Å². The molecule has 0 bridgehead atoms. The number of benzene rings is 1. The van der Waals surface area contributed by atoms with Gasteiger partial charge in [0.05, 0.1) is 6.04 Å². The largest absolute Gasteiger partial charge is 0.347 e. The molecule has 3 nitrogen and oxygen atoms in total. The van der Waals surface area contributed by atoms with Crippen molar-refractivity contribution >= 4 is 17.7 Å². The van der Waals surface area contributed by atoms with Gasteiger partial charge in [0, 0.05) is 31.6 Å². The van der Waals surface area contributed by atoms with Gasteiger partial charge in [0.2, 0.25) is 5.91 Å². The average Bonchev–Trinajstić information content (AvgIpc) is 2.38. The van der Waals surface area contributed by atoms with Gasteiger partial charge in [-0.15, -0.1) is 0 Å². The van der Waals surface area contributed by atoms with Crippen LogP contribution in [0, 0.1) is 0 Å². The molecule has 2 unspecified atom stereocenters. The fourth-order valence-electron chi connectivity index (χ4n) is 2.28. The van der Waals surface area contributed by atoms with Gasteiger partial charge in [-0.1, -0.05) is 24.3 Å². The van der Waals surface area contributed by atoms with Crippen molar-refractivity contribution in [1.29, 1.82) is 0 Å². The van der Waals surface area contributed by atoms with Crippen molar-refractivity contribution < 1.29 is 4.79 Å². The lowest BCUT2D eigenvalue weighted by molar-refractivity contribution is -0.130. The molecule has 2 atom stereocenters. The highest BCUT2D eigenvalue weighted by atomic mass is 32.2. The Kier molecular flexibility index (Phi) is 4.30. The van der Waals surface area contributed by atoms with Gasteiger partial charge in [-0.05, 0) is 18.1 Å². The number of fused-ring (bicyclic) bond motifs is 1. The highest BCUT2D eigenvalue weighted by molar-refractivity contribution is 7.98. The molecule has 0 aromatic heterocycles. The zero-order valence-electron chi connectivity index (χ0n) is 11.1. The number of hydrogen-bond donors (Lipinski definition) is 1. The van der Waals surface area contributed by atoms with E-state index >= 15 is 0 Å². The second-order valence-electron chi connectivity index (χ2n) is 4.89. The summed E-state index contributed by atoms with van der Waals surface area (Å²) in [7, 11) is 3.59. The molecule has 18 heavy (non-hydrogen) atoms. The van der Waals surface area contributed by atoms with Gasteiger partial charge >= 0.3 is 0 Å². The lowest BCUT2D eigenvalue weighted by atomic mass is 10.0. The smallest absolute Gasteiger partial charge is 0.238 e. The number of amides is 1. The van der Waals surface area contributed by atoms with Crippen LogP contribution in [0.1, 0.15) is 24.1 Å². The molecule has 1 aliphatic rings. The van der Waals surface area contributed by atoms with E-state index in [4.69, 9.17) is 0 Å². The fourth-order valence-corrected chi connectivity index (χ4v) is 3.39. The molecule has 0 radical (unpaired) electrons. The van der Waals surface area contributed by atoms with Gasteiger partial charge in [-0.3, -0.25) is 10.1 Å². The van der Waals surface area contributed by atoms with Crippen LogP contribution in [0.25, 0.3) is 0 Å². The number of nitrogens with one attached hydrogen (secondary N) is 1. The van der Waals surface area contributed by atoms with Gasteiger partial charge in [0.15, 0.2) is 0 Å². The second-order valence-corrected chi connectivity index (χ2v) is 5.92. The molecule has 0 spiro atoms. The Bertz CT molecular complexity index is 434. The third kappa shape index (κ3) is 2.87. The maximum absolute atomic E-state index is 11.9. The average molecular weight is 264 g/mol. The first-order valence-electron chi connectivity index (χ1n) is 6.22. The molecular formula is C14H20N2OS. The zero-order valence-corrected chi connectivity index (χ0v) is 12.0. The van der Waals surface area contributed by atoms with E-state index < -0.39 is 0 Å². The summed E-state index contributed by atoms with van der Waals surface area (Å²) < 4.78 is 0. The van der Waals surface area contributed by atoms with Gasteiger partial charge < -0.3 is 4.90 Å². The molecule has 1 heterocycles. The van der Waals surface area contributed by atoms with Crippen molar-refractivity contribution in [3.8, 4) is 0 Å². The monoisotopic (exact) mass is 264 g/mol. The van der Waals surface area contributed by atoms with Gasteiger partial charge in [-0.25, -0.2) is 0 Å². The van der Waals surface area contributed by atoms with Crippen molar-refractivity contribution in [2.24, 2.45) is 0 Å². The summed E-state index contributed by atoms with van der Waals surface area (Å²) in [5.41, 5.74) is 2.73. The molecule has 0 saturated heterocycles. The first-order valence-corrected chi connectivity index (χ1v) is 7.38. The summed E-state index contributed by atoms with van der Waals surface area (Å²) in [6.07, 6.45) is 0.